The Hall–Kier alpha value is -1.13. The number of rotatable bonds is 5. The van der Waals surface area contributed by atoms with Gasteiger partial charge in [-0.05, 0) is 36.5 Å². The Bertz CT molecular complexity index is 488. The molecule has 2 aromatic rings. The lowest BCUT2D eigenvalue weighted by atomic mass is 9.94. The van der Waals surface area contributed by atoms with Crippen LogP contribution in [-0.4, -0.2) is 16.5 Å². The normalized spacial score (nSPS) is 11.9. The van der Waals surface area contributed by atoms with Crippen LogP contribution in [0.4, 0.5) is 5.00 Å². The highest BCUT2D eigenvalue weighted by molar-refractivity contribution is 7.11. The molecule has 0 spiro atoms. The van der Waals surface area contributed by atoms with E-state index in [0.29, 0.717) is 0 Å². The predicted octanol–water partition coefficient (Wildman–Crippen LogP) is 3.23. The number of hydrogen-bond acceptors (Lipinski definition) is 4. The Morgan fingerprint density at radius 1 is 1.29 bits per heavy atom. The highest BCUT2D eigenvalue weighted by atomic mass is 32.1. The summed E-state index contributed by atoms with van der Waals surface area (Å²) in [5, 5.41) is 5.75. The molecule has 0 radical (unpaired) electrons. The van der Waals surface area contributed by atoms with Crippen LogP contribution in [0.15, 0.2) is 24.3 Å². The standard InChI is InChI=1S/C13H19N3S/c1-3-13(14,4-2)9-15-12-10-7-5-6-8-11(10)16-17-12/h5-8,15H,3-4,9,14H2,1-2H3. The average molecular weight is 249 g/mol. The van der Waals surface area contributed by atoms with Crippen molar-refractivity contribution in [1.82, 2.24) is 4.37 Å². The molecule has 0 bridgehead atoms. The van der Waals surface area contributed by atoms with Crippen LogP contribution >= 0.6 is 11.5 Å². The third-order valence-electron chi connectivity index (χ3n) is 3.39. The van der Waals surface area contributed by atoms with E-state index in [9.17, 15) is 0 Å². The Labute approximate surface area is 106 Å². The first-order valence-corrected chi connectivity index (χ1v) is 6.83. The number of anilines is 1. The van der Waals surface area contributed by atoms with Crippen LogP contribution in [-0.2, 0) is 0 Å². The Balaban J connectivity index is 2.14. The number of nitrogens with zero attached hydrogens (tertiary/aromatic N) is 1. The van der Waals surface area contributed by atoms with Gasteiger partial charge in [0.2, 0.25) is 0 Å². The largest absolute Gasteiger partial charge is 0.373 e. The quantitative estimate of drug-likeness (QED) is 0.855. The number of hydrogen-bond donors (Lipinski definition) is 2. The lowest BCUT2D eigenvalue weighted by Gasteiger charge is -2.26. The maximum absolute atomic E-state index is 6.28. The van der Waals surface area contributed by atoms with Crippen LogP contribution in [0.2, 0.25) is 0 Å². The van der Waals surface area contributed by atoms with Crippen molar-refractivity contribution in [3.8, 4) is 0 Å². The summed E-state index contributed by atoms with van der Waals surface area (Å²) in [6.07, 6.45) is 1.96. The van der Waals surface area contributed by atoms with Crippen LogP contribution in [0, 0.1) is 0 Å². The van der Waals surface area contributed by atoms with E-state index in [0.717, 1.165) is 29.9 Å². The van der Waals surface area contributed by atoms with Gasteiger partial charge >= 0.3 is 0 Å². The fourth-order valence-electron chi connectivity index (χ4n) is 1.77. The molecule has 0 saturated carbocycles. The molecule has 0 aliphatic carbocycles. The minimum absolute atomic E-state index is 0.120. The van der Waals surface area contributed by atoms with Gasteiger partial charge in [0, 0.05) is 17.5 Å². The molecule has 0 saturated heterocycles. The van der Waals surface area contributed by atoms with Gasteiger partial charge in [0.25, 0.3) is 0 Å². The lowest BCUT2D eigenvalue weighted by Crippen LogP contribution is -2.45. The molecule has 0 fully saturated rings. The van der Waals surface area contributed by atoms with Crippen molar-refractivity contribution in [2.45, 2.75) is 32.2 Å². The number of nitrogens with two attached hydrogens (primary N) is 1. The fraction of sp³-hybridized carbons (Fsp3) is 0.462. The molecule has 1 heterocycles. The first-order chi connectivity index (χ1) is 8.18. The molecule has 3 nitrogen and oxygen atoms in total. The van der Waals surface area contributed by atoms with Gasteiger partial charge in [-0.15, -0.1) is 0 Å². The molecule has 92 valence electrons. The van der Waals surface area contributed by atoms with Gasteiger partial charge in [-0.3, -0.25) is 0 Å². The zero-order valence-corrected chi connectivity index (χ0v) is 11.2. The second-order valence-electron chi connectivity index (χ2n) is 4.45. The number of benzene rings is 1. The number of nitrogens with one attached hydrogen (secondary N) is 1. The smallest absolute Gasteiger partial charge is 0.117 e. The minimum Gasteiger partial charge on any atom is -0.373 e. The molecular weight excluding hydrogens is 230 g/mol. The van der Waals surface area contributed by atoms with Crippen molar-refractivity contribution >= 4 is 27.4 Å². The highest BCUT2D eigenvalue weighted by Gasteiger charge is 2.20. The van der Waals surface area contributed by atoms with E-state index in [1.54, 1.807) is 0 Å². The van der Waals surface area contributed by atoms with Gasteiger partial charge < -0.3 is 11.1 Å². The predicted molar refractivity (Wildman–Crippen MR) is 75.6 cm³/mol. The fourth-order valence-corrected chi connectivity index (χ4v) is 2.53. The summed E-state index contributed by atoms with van der Waals surface area (Å²) in [6.45, 7) is 5.07. The van der Waals surface area contributed by atoms with E-state index in [1.165, 1.54) is 16.9 Å². The van der Waals surface area contributed by atoms with E-state index < -0.39 is 0 Å². The van der Waals surface area contributed by atoms with Crippen LogP contribution in [0.1, 0.15) is 26.7 Å². The molecule has 0 unspecified atom stereocenters. The maximum Gasteiger partial charge on any atom is 0.117 e. The summed E-state index contributed by atoms with van der Waals surface area (Å²) in [5.41, 5.74) is 7.21. The third-order valence-corrected chi connectivity index (χ3v) is 4.23. The van der Waals surface area contributed by atoms with Gasteiger partial charge in [0.1, 0.15) is 5.00 Å². The van der Waals surface area contributed by atoms with Crippen molar-refractivity contribution in [3.05, 3.63) is 24.3 Å². The number of aromatic nitrogens is 1. The molecule has 1 aromatic heterocycles. The molecule has 0 amide bonds. The minimum atomic E-state index is -0.120. The van der Waals surface area contributed by atoms with Crippen LogP contribution in [0.5, 0.6) is 0 Å². The van der Waals surface area contributed by atoms with Gasteiger partial charge in [-0.2, -0.15) is 4.37 Å². The first kappa shape index (κ1) is 12.3. The van der Waals surface area contributed by atoms with E-state index >= 15 is 0 Å². The summed E-state index contributed by atoms with van der Waals surface area (Å²) in [4.78, 5) is 0. The topological polar surface area (TPSA) is 50.9 Å². The molecule has 17 heavy (non-hydrogen) atoms. The monoisotopic (exact) mass is 249 g/mol. The Morgan fingerprint density at radius 3 is 2.71 bits per heavy atom. The van der Waals surface area contributed by atoms with Gasteiger partial charge in [0.05, 0.1) is 5.52 Å². The van der Waals surface area contributed by atoms with Crippen molar-refractivity contribution in [3.63, 3.8) is 0 Å². The molecule has 0 aliphatic rings. The summed E-state index contributed by atoms with van der Waals surface area (Å²) < 4.78 is 4.41. The van der Waals surface area contributed by atoms with Crippen molar-refractivity contribution < 1.29 is 0 Å². The van der Waals surface area contributed by atoms with Crippen LogP contribution < -0.4 is 11.1 Å². The number of fused-ring (bicyclic) bond motifs is 1. The molecule has 4 heteroatoms. The molecule has 3 N–H and O–H groups in total. The van der Waals surface area contributed by atoms with Crippen molar-refractivity contribution in [2.24, 2.45) is 5.73 Å². The SMILES string of the molecule is CCC(N)(CC)CNc1snc2ccccc12. The summed E-state index contributed by atoms with van der Waals surface area (Å²) >= 11 is 1.51. The summed E-state index contributed by atoms with van der Waals surface area (Å²) in [6, 6.07) is 8.18. The molecule has 0 atom stereocenters. The van der Waals surface area contributed by atoms with Crippen molar-refractivity contribution in [1.29, 1.82) is 0 Å². The second kappa shape index (κ2) is 5.02. The molecule has 0 aliphatic heterocycles. The van der Waals surface area contributed by atoms with Gasteiger partial charge in [0.15, 0.2) is 0 Å². The van der Waals surface area contributed by atoms with E-state index in [-0.39, 0.29) is 5.54 Å². The Kier molecular flexibility index (Phi) is 3.64. The van der Waals surface area contributed by atoms with Crippen LogP contribution in [0.3, 0.4) is 0 Å². The third kappa shape index (κ3) is 2.58. The van der Waals surface area contributed by atoms with E-state index in [2.05, 4.69) is 29.6 Å². The van der Waals surface area contributed by atoms with Gasteiger partial charge in [-0.25, -0.2) is 0 Å². The molecular formula is C13H19N3S. The Morgan fingerprint density at radius 2 is 2.00 bits per heavy atom. The zero-order valence-electron chi connectivity index (χ0n) is 10.4. The zero-order chi connectivity index (χ0) is 12.3. The molecule has 2 rings (SSSR count). The summed E-state index contributed by atoms with van der Waals surface area (Å²) in [5.74, 6) is 0. The highest BCUT2D eigenvalue weighted by Crippen LogP contribution is 2.27. The maximum atomic E-state index is 6.28. The van der Waals surface area contributed by atoms with Crippen LogP contribution in [0.25, 0.3) is 10.9 Å². The lowest BCUT2D eigenvalue weighted by molar-refractivity contribution is 0.418. The second-order valence-corrected chi connectivity index (χ2v) is 5.23. The summed E-state index contributed by atoms with van der Waals surface area (Å²) in [7, 11) is 0. The average Bonchev–Trinajstić information content (AvgIpc) is 2.79. The van der Waals surface area contributed by atoms with Crippen molar-refractivity contribution in [2.75, 3.05) is 11.9 Å². The van der Waals surface area contributed by atoms with Gasteiger partial charge in [-0.1, -0.05) is 26.0 Å². The van der Waals surface area contributed by atoms with E-state index in [1.807, 2.05) is 18.2 Å². The molecule has 1 aromatic carbocycles. The first-order valence-electron chi connectivity index (χ1n) is 6.05. The van der Waals surface area contributed by atoms with E-state index in [4.69, 9.17) is 5.73 Å².